The maximum absolute atomic E-state index is 12.3. The van der Waals surface area contributed by atoms with Crippen LogP contribution in [0.25, 0.3) is 0 Å². The summed E-state index contributed by atoms with van der Waals surface area (Å²) < 4.78 is 12.3. The third kappa shape index (κ3) is 4.36. The number of aromatic hydroxyl groups is 2. The first-order chi connectivity index (χ1) is 8.93. The summed E-state index contributed by atoms with van der Waals surface area (Å²) in [6.07, 6.45) is 0. The highest BCUT2D eigenvalue weighted by molar-refractivity contribution is 5.49. The quantitative estimate of drug-likeness (QED) is 0.397. The topological polar surface area (TPSA) is 113 Å². The van der Waals surface area contributed by atoms with E-state index < -0.39 is 5.82 Å². The Morgan fingerprint density at radius 2 is 1.42 bits per heavy atom. The third-order valence-electron chi connectivity index (χ3n) is 2.28. The standard InChI is InChI=1S/C7H9NO2.C6H6FNO/c8-7-2-1-6(10)3-5(7)4-9;7-5-3-4(9)1-2-6(5)8/h1-3,9-10H,4,8H2;1-3,9H,8H2. The molecule has 0 atom stereocenters. The normalized spacial score (nSPS) is 9.58. The van der Waals surface area contributed by atoms with Crippen molar-refractivity contribution < 1.29 is 19.7 Å². The van der Waals surface area contributed by atoms with E-state index in [4.69, 9.17) is 26.8 Å². The van der Waals surface area contributed by atoms with Gasteiger partial charge in [0.25, 0.3) is 0 Å². The fraction of sp³-hybridized carbons (Fsp3) is 0.0769. The molecule has 0 heterocycles. The van der Waals surface area contributed by atoms with Crippen LogP contribution in [0.5, 0.6) is 11.5 Å². The molecule has 102 valence electrons. The summed E-state index contributed by atoms with van der Waals surface area (Å²) in [6, 6.07) is 8.09. The van der Waals surface area contributed by atoms with Crippen LogP contribution in [-0.2, 0) is 6.61 Å². The average Bonchev–Trinajstić information content (AvgIpc) is 2.38. The van der Waals surface area contributed by atoms with Gasteiger partial charge in [0, 0.05) is 17.3 Å². The molecule has 0 amide bonds. The molecule has 0 fully saturated rings. The maximum Gasteiger partial charge on any atom is 0.149 e. The molecule has 0 saturated carbocycles. The first-order valence-corrected chi connectivity index (χ1v) is 5.36. The van der Waals surface area contributed by atoms with Crippen molar-refractivity contribution >= 4 is 11.4 Å². The molecule has 19 heavy (non-hydrogen) atoms. The number of hydrogen-bond acceptors (Lipinski definition) is 5. The minimum Gasteiger partial charge on any atom is -0.508 e. The molecular formula is C13H15FN2O3. The number of benzene rings is 2. The molecule has 7 N–H and O–H groups in total. The van der Waals surface area contributed by atoms with Crippen LogP contribution in [0.15, 0.2) is 36.4 Å². The largest absolute Gasteiger partial charge is 0.508 e. The molecule has 0 aromatic heterocycles. The van der Waals surface area contributed by atoms with Gasteiger partial charge in [0.15, 0.2) is 0 Å². The molecule has 0 bridgehead atoms. The van der Waals surface area contributed by atoms with Crippen molar-refractivity contribution in [1.29, 1.82) is 0 Å². The molecule has 2 rings (SSSR count). The van der Waals surface area contributed by atoms with Crippen LogP contribution < -0.4 is 11.5 Å². The van der Waals surface area contributed by atoms with E-state index in [9.17, 15) is 4.39 Å². The fourth-order valence-electron chi connectivity index (χ4n) is 1.25. The minimum absolute atomic E-state index is 0.0489. The van der Waals surface area contributed by atoms with Crippen molar-refractivity contribution in [2.45, 2.75) is 6.61 Å². The second-order valence-electron chi connectivity index (χ2n) is 3.75. The summed E-state index contributed by atoms with van der Waals surface area (Å²) in [5.41, 5.74) is 11.6. The molecule has 0 spiro atoms. The van der Waals surface area contributed by atoms with Gasteiger partial charge in [0.2, 0.25) is 0 Å². The Hall–Kier alpha value is -2.47. The van der Waals surface area contributed by atoms with Gasteiger partial charge in [-0.25, -0.2) is 4.39 Å². The summed E-state index contributed by atoms with van der Waals surface area (Å²) in [4.78, 5) is 0. The van der Waals surface area contributed by atoms with Crippen molar-refractivity contribution in [2.75, 3.05) is 11.5 Å². The van der Waals surface area contributed by atoms with Crippen molar-refractivity contribution in [1.82, 2.24) is 0 Å². The van der Waals surface area contributed by atoms with E-state index in [-0.39, 0.29) is 23.8 Å². The summed E-state index contributed by atoms with van der Waals surface area (Å²) in [5, 5.41) is 26.2. The summed E-state index contributed by atoms with van der Waals surface area (Å²) in [5.74, 6) is -0.574. The Labute approximate surface area is 109 Å². The van der Waals surface area contributed by atoms with Crippen LogP contribution in [0.1, 0.15) is 5.56 Å². The smallest absolute Gasteiger partial charge is 0.149 e. The minimum atomic E-state index is -0.588. The summed E-state index contributed by atoms with van der Waals surface area (Å²) in [7, 11) is 0. The first kappa shape index (κ1) is 14.6. The molecule has 0 aliphatic carbocycles. The van der Waals surface area contributed by atoms with E-state index in [0.29, 0.717) is 11.3 Å². The lowest BCUT2D eigenvalue weighted by Gasteiger charge is -2.00. The van der Waals surface area contributed by atoms with E-state index in [1.165, 1.54) is 24.3 Å². The molecule has 0 radical (unpaired) electrons. The number of rotatable bonds is 1. The van der Waals surface area contributed by atoms with Gasteiger partial charge in [-0.05, 0) is 30.3 Å². The lowest BCUT2D eigenvalue weighted by molar-refractivity contribution is 0.282. The van der Waals surface area contributed by atoms with Crippen LogP contribution in [0, 0.1) is 5.82 Å². The molecular weight excluding hydrogens is 251 g/mol. The Bertz CT molecular complexity index is 562. The van der Waals surface area contributed by atoms with Gasteiger partial charge in [-0.1, -0.05) is 0 Å². The molecule has 0 unspecified atom stereocenters. The van der Waals surface area contributed by atoms with Crippen molar-refractivity contribution in [2.24, 2.45) is 0 Å². The lowest BCUT2D eigenvalue weighted by atomic mass is 10.2. The lowest BCUT2D eigenvalue weighted by Crippen LogP contribution is -1.92. The van der Waals surface area contributed by atoms with E-state index in [1.54, 1.807) is 6.07 Å². The van der Waals surface area contributed by atoms with E-state index in [1.807, 2.05) is 0 Å². The van der Waals surface area contributed by atoms with Gasteiger partial charge in [0.05, 0.1) is 12.3 Å². The number of nitrogen functional groups attached to an aromatic ring is 2. The van der Waals surface area contributed by atoms with Crippen molar-refractivity contribution in [3.05, 3.63) is 47.8 Å². The Morgan fingerprint density at radius 1 is 0.895 bits per heavy atom. The summed E-state index contributed by atoms with van der Waals surface area (Å²) in [6.45, 7) is -0.139. The summed E-state index contributed by atoms with van der Waals surface area (Å²) >= 11 is 0. The highest BCUT2D eigenvalue weighted by Crippen LogP contribution is 2.17. The highest BCUT2D eigenvalue weighted by Gasteiger charge is 1.97. The fourth-order valence-corrected chi connectivity index (χ4v) is 1.25. The zero-order valence-corrected chi connectivity index (χ0v) is 10.0. The van der Waals surface area contributed by atoms with Crippen LogP contribution in [0.4, 0.5) is 15.8 Å². The predicted octanol–water partition coefficient (Wildman–Crippen LogP) is 1.58. The zero-order chi connectivity index (χ0) is 14.4. The molecule has 0 saturated heterocycles. The third-order valence-corrected chi connectivity index (χ3v) is 2.28. The predicted molar refractivity (Wildman–Crippen MR) is 70.9 cm³/mol. The number of phenolic OH excluding ortho intramolecular Hbond substituents is 2. The van der Waals surface area contributed by atoms with Gasteiger partial charge in [0.1, 0.15) is 17.3 Å². The van der Waals surface area contributed by atoms with E-state index >= 15 is 0 Å². The van der Waals surface area contributed by atoms with Crippen LogP contribution in [0.2, 0.25) is 0 Å². The average molecular weight is 266 g/mol. The second-order valence-corrected chi connectivity index (χ2v) is 3.75. The van der Waals surface area contributed by atoms with Gasteiger partial charge in [-0.2, -0.15) is 0 Å². The van der Waals surface area contributed by atoms with Gasteiger partial charge >= 0.3 is 0 Å². The Morgan fingerprint density at radius 3 is 1.84 bits per heavy atom. The number of hydrogen-bond donors (Lipinski definition) is 5. The molecule has 0 aliphatic heterocycles. The molecule has 0 aliphatic rings. The van der Waals surface area contributed by atoms with Gasteiger partial charge in [-0.15, -0.1) is 0 Å². The number of halogens is 1. The Kier molecular flexibility index (Phi) is 4.96. The van der Waals surface area contributed by atoms with Crippen LogP contribution in [0.3, 0.4) is 0 Å². The second kappa shape index (κ2) is 6.46. The molecule has 5 nitrogen and oxygen atoms in total. The number of phenols is 2. The van der Waals surface area contributed by atoms with E-state index in [2.05, 4.69) is 0 Å². The zero-order valence-electron chi connectivity index (χ0n) is 10.0. The van der Waals surface area contributed by atoms with E-state index in [0.717, 1.165) is 6.07 Å². The Balaban J connectivity index is 0.000000191. The number of anilines is 2. The monoisotopic (exact) mass is 266 g/mol. The number of aliphatic hydroxyl groups excluding tert-OH is 1. The van der Waals surface area contributed by atoms with Crippen LogP contribution >= 0.6 is 0 Å². The number of aliphatic hydroxyl groups is 1. The van der Waals surface area contributed by atoms with Crippen LogP contribution in [-0.4, -0.2) is 15.3 Å². The maximum atomic E-state index is 12.3. The van der Waals surface area contributed by atoms with Gasteiger partial charge in [-0.3, -0.25) is 0 Å². The first-order valence-electron chi connectivity index (χ1n) is 5.36. The molecule has 2 aromatic carbocycles. The SMILES string of the molecule is Nc1ccc(O)cc1CO.Nc1ccc(O)cc1F. The van der Waals surface area contributed by atoms with Gasteiger partial charge < -0.3 is 26.8 Å². The highest BCUT2D eigenvalue weighted by atomic mass is 19.1. The van der Waals surface area contributed by atoms with Crippen molar-refractivity contribution in [3.8, 4) is 11.5 Å². The molecule has 2 aromatic rings. The van der Waals surface area contributed by atoms with Crippen molar-refractivity contribution in [3.63, 3.8) is 0 Å². The molecule has 6 heteroatoms. The number of nitrogens with two attached hydrogens (primary N) is 2.